The number of rotatable bonds is 3. The van der Waals surface area contributed by atoms with Gasteiger partial charge in [0.2, 0.25) is 0 Å². The molecule has 5 nitrogen and oxygen atoms in total. The molecule has 21 heavy (non-hydrogen) atoms. The summed E-state index contributed by atoms with van der Waals surface area (Å²) in [5.41, 5.74) is 2.29. The minimum atomic E-state index is -0.661. The van der Waals surface area contributed by atoms with Crippen molar-refractivity contribution >= 4 is 17.5 Å². The predicted molar refractivity (Wildman–Crippen MR) is 83.0 cm³/mol. The average Bonchev–Trinajstić information content (AvgIpc) is 2.56. The Labute approximate surface area is 124 Å². The molecule has 2 heterocycles. The van der Waals surface area contributed by atoms with E-state index in [2.05, 4.69) is 39.5 Å². The number of carboxylic acid groups (broad SMARTS) is 1. The minimum Gasteiger partial charge on any atom is -0.481 e. The zero-order valence-corrected chi connectivity index (χ0v) is 12.1. The van der Waals surface area contributed by atoms with Gasteiger partial charge in [-0.2, -0.15) is 0 Å². The number of nitrogens with one attached hydrogen (secondary N) is 1. The largest absolute Gasteiger partial charge is 0.481 e. The summed E-state index contributed by atoms with van der Waals surface area (Å²) in [6.07, 6.45) is 2.55. The number of aliphatic imine (C=N–C) groups is 1. The van der Waals surface area contributed by atoms with Crippen molar-refractivity contribution in [3.63, 3.8) is 0 Å². The van der Waals surface area contributed by atoms with E-state index in [1.807, 2.05) is 0 Å². The van der Waals surface area contributed by atoms with Gasteiger partial charge in [0, 0.05) is 37.4 Å². The van der Waals surface area contributed by atoms with Crippen molar-refractivity contribution in [3.8, 4) is 0 Å². The molecule has 1 aromatic rings. The van der Waals surface area contributed by atoms with Crippen molar-refractivity contribution in [3.05, 3.63) is 29.8 Å². The molecule has 0 aromatic heterocycles. The highest BCUT2D eigenvalue weighted by atomic mass is 16.4. The molecular weight excluding hydrogens is 266 g/mol. The van der Waals surface area contributed by atoms with E-state index in [1.165, 1.54) is 5.69 Å². The lowest BCUT2D eigenvalue weighted by molar-refractivity contribution is -0.142. The monoisotopic (exact) mass is 287 g/mol. The molecule has 0 bridgehead atoms. The van der Waals surface area contributed by atoms with Crippen LogP contribution in [0.25, 0.3) is 0 Å². The Balaban J connectivity index is 1.65. The van der Waals surface area contributed by atoms with Gasteiger partial charge in [0.25, 0.3) is 0 Å². The number of carboxylic acids is 1. The number of hydrogen-bond acceptors (Lipinski definition) is 4. The fourth-order valence-electron chi connectivity index (χ4n) is 2.94. The van der Waals surface area contributed by atoms with Crippen LogP contribution < -0.4 is 10.2 Å². The number of amidine groups is 1. The van der Waals surface area contributed by atoms with E-state index in [0.29, 0.717) is 0 Å². The number of benzene rings is 1. The summed E-state index contributed by atoms with van der Waals surface area (Å²) in [4.78, 5) is 17.7. The summed E-state index contributed by atoms with van der Waals surface area (Å²) in [7, 11) is 0. The Morgan fingerprint density at radius 3 is 2.52 bits per heavy atom. The molecule has 0 aliphatic carbocycles. The molecule has 0 spiro atoms. The second kappa shape index (κ2) is 6.16. The third-order valence-corrected chi connectivity index (χ3v) is 4.25. The van der Waals surface area contributed by atoms with Crippen LogP contribution in [0.3, 0.4) is 0 Å². The van der Waals surface area contributed by atoms with Gasteiger partial charge in [-0.15, -0.1) is 0 Å². The van der Waals surface area contributed by atoms with Gasteiger partial charge in [-0.25, -0.2) is 0 Å². The normalized spacial score (nSPS) is 19.8. The van der Waals surface area contributed by atoms with Gasteiger partial charge in [-0.05, 0) is 43.5 Å². The Morgan fingerprint density at radius 1 is 1.24 bits per heavy atom. The number of piperidine rings is 1. The van der Waals surface area contributed by atoms with Crippen molar-refractivity contribution in [2.45, 2.75) is 19.3 Å². The molecule has 0 amide bonds. The number of carbonyl (C=O) groups is 1. The van der Waals surface area contributed by atoms with Crippen LogP contribution in [0.1, 0.15) is 24.8 Å². The van der Waals surface area contributed by atoms with Crippen LogP contribution >= 0.6 is 0 Å². The second-order valence-corrected chi connectivity index (χ2v) is 5.66. The summed E-state index contributed by atoms with van der Waals surface area (Å²) >= 11 is 0. The molecule has 3 rings (SSSR count). The fraction of sp³-hybridized carbons (Fsp3) is 0.500. The van der Waals surface area contributed by atoms with Crippen LogP contribution in [-0.2, 0) is 4.79 Å². The van der Waals surface area contributed by atoms with E-state index in [1.54, 1.807) is 0 Å². The van der Waals surface area contributed by atoms with E-state index < -0.39 is 5.97 Å². The second-order valence-electron chi connectivity index (χ2n) is 5.66. The Morgan fingerprint density at radius 2 is 1.95 bits per heavy atom. The molecule has 1 aromatic carbocycles. The van der Waals surface area contributed by atoms with E-state index >= 15 is 0 Å². The molecule has 0 radical (unpaired) electrons. The van der Waals surface area contributed by atoms with Crippen LogP contribution in [0.5, 0.6) is 0 Å². The Bertz CT molecular complexity index is 531. The number of aliphatic carboxylic acids is 1. The first-order chi connectivity index (χ1) is 10.2. The lowest BCUT2D eigenvalue weighted by atomic mass is 9.96. The maximum atomic E-state index is 11.0. The summed E-state index contributed by atoms with van der Waals surface area (Å²) in [6, 6.07) is 8.40. The standard InChI is InChI=1S/C16H21N3O2/c20-16(21)13-6-10-19(11-7-13)14-4-2-12(3-5-14)15-17-8-1-9-18-15/h2-5,13H,1,6-11H2,(H,17,18)(H,20,21). The lowest BCUT2D eigenvalue weighted by Crippen LogP contribution is -2.36. The smallest absolute Gasteiger partial charge is 0.306 e. The summed E-state index contributed by atoms with van der Waals surface area (Å²) in [6.45, 7) is 3.51. The first-order valence-corrected chi connectivity index (χ1v) is 7.60. The highest BCUT2D eigenvalue weighted by molar-refractivity contribution is 5.99. The maximum Gasteiger partial charge on any atom is 0.306 e. The molecule has 1 saturated heterocycles. The average molecular weight is 287 g/mol. The molecule has 112 valence electrons. The molecule has 0 unspecified atom stereocenters. The molecule has 0 saturated carbocycles. The van der Waals surface area contributed by atoms with Crippen LogP contribution in [0.2, 0.25) is 0 Å². The van der Waals surface area contributed by atoms with Crippen molar-refractivity contribution < 1.29 is 9.90 Å². The quantitative estimate of drug-likeness (QED) is 0.888. The molecule has 1 fully saturated rings. The highest BCUT2D eigenvalue weighted by Gasteiger charge is 2.24. The van der Waals surface area contributed by atoms with Crippen molar-refractivity contribution in [2.75, 3.05) is 31.1 Å². The van der Waals surface area contributed by atoms with Gasteiger partial charge in [0.15, 0.2) is 0 Å². The van der Waals surface area contributed by atoms with E-state index in [4.69, 9.17) is 5.11 Å². The summed E-state index contributed by atoms with van der Waals surface area (Å²) < 4.78 is 0. The van der Waals surface area contributed by atoms with Crippen molar-refractivity contribution in [1.82, 2.24) is 5.32 Å². The van der Waals surface area contributed by atoms with Gasteiger partial charge in [-0.1, -0.05) is 0 Å². The Kier molecular flexibility index (Phi) is 4.08. The first kappa shape index (κ1) is 13.9. The van der Waals surface area contributed by atoms with Crippen molar-refractivity contribution in [1.29, 1.82) is 0 Å². The van der Waals surface area contributed by atoms with Gasteiger partial charge in [0.05, 0.1) is 5.92 Å². The summed E-state index contributed by atoms with van der Waals surface area (Å²) in [5.74, 6) is 0.144. The van der Waals surface area contributed by atoms with E-state index in [9.17, 15) is 4.79 Å². The van der Waals surface area contributed by atoms with E-state index in [0.717, 1.165) is 56.8 Å². The molecule has 2 N–H and O–H groups in total. The third kappa shape index (κ3) is 3.17. The minimum absolute atomic E-state index is 0.179. The third-order valence-electron chi connectivity index (χ3n) is 4.25. The maximum absolute atomic E-state index is 11.0. The molecular formula is C16H21N3O2. The summed E-state index contributed by atoms with van der Waals surface area (Å²) in [5, 5.41) is 12.4. The zero-order chi connectivity index (χ0) is 14.7. The SMILES string of the molecule is O=C(O)C1CCN(c2ccc(C3=NCCCN3)cc2)CC1. The van der Waals surface area contributed by atoms with Gasteiger partial charge >= 0.3 is 5.97 Å². The number of anilines is 1. The van der Waals surface area contributed by atoms with E-state index in [-0.39, 0.29) is 5.92 Å². The van der Waals surface area contributed by atoms with Gasteiger partial charge in [-0.3, -0.25) is 9.79 Å². The lowest BCUT2D eigenvalue weighted by Gasteiger charge is -2.32. The van der Waals surface area contributed by atoms with Crippen LogP contribution in [-0.4, -0.2) is 43.1 Å². The van der Waals surface area contributed by atoms with Crippen molar-refractivity contribution in [2.24, 2.45) is 10.9 Å². The molecule has 0 atom stereocenters. The number of nitrogens with zero attached hydrogens (tertiary/aromatic N) is 2. The van der Waals surface area contributed by atoms with Crippen LogP contribution in [0, 0.1) is 5.92 Å². The Hall–Kier alpha value is -2.04. The topological polar surface area (TPSA) is 64.9 Å². The molecule has 5 heteroatoms. The fourth-order valence-corrected chi connectivity index (χ4v) is 2.94. The number of hydrogen-bond donors (Lipinski definition) is 2. The zero-order valence-electron chi connectivity index (χ0n) is 12.1. The molecule has 2 aliphatic heterocycles. The van der Waals surface area contributed by atoms with Gasteiger partial charge in [0.1, 0.15) is 5.84 Å². The first-order valence-electron chi connectivity index (χ1n) is 7.60. The molecule has 2 aliphatic rings. The highest BCUT2D eigenvalue weighted by Crippen LogP contribution is 2.23. The predicted octanol–water partition coefficient (Wildman–Crippen LogP) is 1.73. The van der Waals surface area contributed by atoms with Crippen LogP contribution in [0.4, 0.5) is 5.69 Å². The van der Waals surface area contributed by atoms with Gasteiger partial charge < -0.3 is 15.3 Å². The van der Waals surface area contributed by atoms with Crippen LogP contribution in [0.15, 0.2) is 29.3 Å².